The molecule has 0 aliphatic carbocycles. The zero-order valence-electron chi connectivity index (χ0n) is 18.3. The fourth-order valence-corrected chi connectivity index (χ4v) is 4.86. The molecule has 0 unspecified atom stereocenters. The van der Waals surface area contributed by atoms with Crippen molar-refractivity contribution in [1.29, 1.82) is 0 Å². The molecule has 8 nitrogen and oxygen atoms in total. The van der Waals surface area contributed by atoms with Gasteiger partial charge in [0.15, 0.2) is 5.17 Å². The molecular formula is C22H28FN5O3S. The number of thioether (sulfide) groups is 1. The number of amidine groups is 1. The summed E-state index contributed by atoms with van der Waals surface area (Å²) in [6.45, 7) is 2.82. The summed E-state index contributed by atoms with van der Waals surface area (Å²) in [4.78, 5) is 33.5. The molecule has 2 fully saturated rings. The molecule has 32 heavy (non-hydrogen) atoms. The first-order chi connectivity index (χ1) is 15.4. The van der Waals surface area contributed by atoms with Crippen LogP contribution in [0.3, 0.4) is 0 Å². The molecule has 3 heterocycles. The van der Waals surface area contributed by atoms with Gasteiger partial charge in [0, 0.05) is 37.8 Å². The number of piperidine rings is 1. The van der Waals surface area contributed by atoms with Crippen molar-refractivity contribution in [3.63, 3.8) is 0 Å². The molecule has 0 spiro atoms. The van der Waals surface area contributed by atoms with Gasteiger partial charge < -0.3 is 14.5 Å². The first-order valence-corrected chi connectivity index (χ1v) is 11.7. The lowest BCUT2D eigenvalue weighted by Gasteiger charge is -2.34. The molecule has 0 radical (unpaired) electrons. The van der Waals surface area contributed by atoms with E-state index < -0.39 is 11.9 Å². The highest BCUT2D eigenvalue weighted by Gasteiger charge is 2.28. The highest BCUT2D eigenvalue weighted by Crippen LogP contribution is 2.33. The minimum absolute atomic E-state index is 0.219. The summed E-state index contributed by atoms with van der Waals surface area (Å²) in [5, 5.41) is 2.45. The summed E-state index contributed by atoms with van der Waals surface area (Å²) >= 11 is 1.23. The summed E-state index contributed by atoms with van der Waals surface area (Å²) in [6.07, 6.45) is 4.92. The predicted molar refractivity (Wildman–Crippen MR) is 123 cm³/mol. The van der Waals surface area contributed by atoms with Crippen molar-refractivity contribution < 1.29 is 18.7 Å². The van der Waals surface area contributed by atoms with Crippen molar-refractivity contribution in [2.75, 3.05) is 40.3 Å². The zero-order valence-corrected chi connectivity index (χ0v) is 19.2. The van der Waals surface area contributed by atoms with Gasteiger partial charge in [0.05, 0.1) is 4.91 Å². The quantitative estimate of drug-likeness (QED) is 0.694. The van der Waals surface area contributed by atoms with Gasteiger partial charge >= 0.3 is 6.09 Å². The monoisotopic (exact) mass is 461 g/mol. The van der Waals surface area contributed by atoms with E-state index in [-0.39, 0.29) is 11.7 Å². The van der Waals surface area contributed by atoms with Gasteiger partial charge in [-0.15, -0.1) is 0 Å². The Bertz CT molecular complexity index is 937. The van der Waals surface area contributed by atoms with Gasteiger partial charge in [-0.25, -0.2) is 14.6 Å². The number of halogens is 1. The second-order valence-electron chi connectivity index (χ2n) is 8.31. The topological polar surface area (TPSA) is 77.5 Å². The molecule has 172 valence electrons. The number of amides is 2. The maximum absolute atomic E-state index is 14.0. The largest absolute Gasteiger partial charge is 0.415 e. The van der Waals surface area contributed by atoms with Crippen LogP contribution in [-0.4, -0.2) is 78.3 Å². The molecule has 3 aliphatic rings. The fourth-order valence-electron chi connectivity index (χ4n) is 3.95. The third-order valence-electron chi connectivity index (χ3n) is 5.86. The Morgan fingerprint density at radius 1 is 1.28 bits per heavy atom. The molecule has 2 saturated heterocycles. The second-order valence-corrected chi connectivity index (χ2v) is 9.32. The number of hydrogen-bond donors (Lipinski definition) is 1. The molecule has 0 atom stereocenters. The molecule has 0 bridgehead atoms. The lowest BCUT2D eigenvalue weighted by atomic mass is 10.0. The van der Waals surface area contributed by atoms with Crippen LogP contribution in [0.5, 0.6) is 5.75 Å². The van der Waals surface area contributed by atoms with E-state index in [1.807, 2.05) is 19.1 Å². The number of hydrazine groups is 1. The molecule has 1 aromatic carbocycles. The van der Waals surface area contributed by atoms with Crippen molar-refractivity contribution in [3.8, 4) is 5.75 Å². The maximum atomic E-state index is 14.0. The zero-order chi connectivity index (χ0) is 22.7. The number of aliphatic imine (C=N–C) groups is 1. The van der Waals surface area contributed by atoms with Crippen molar-refractivity contribution in [3.05, 3.63) is 34.5 Å². The van der Waals surface area contributed by atoms with Crippen LogP contribution < -0.4 is 10.2 Å². The van der Waals surface area contributed by atoms with E-state index in [0.717, 1.165) is 38.8 Å². The SMILES string of the molecule is CN(C)C1CCN(C(=O)Oc2ccc(F)cc2C=C2SC(N3CCCCN3)=NC2=O)CC1. The van der Waals surface area contributed by atoms with Crippen LogP contribution in [0.4, 0.5) is 9.18 Å². The first-order valence-electron chi connectivity index (χ1n) is 10.9. The smallest absolute Gasteiger partial charge is 0.410 e. The van der Waals surface area contributed by atoms with E-state index >= 15 is 0 Å². The van der Waals surface area contributed by atoms with Crippen LogP contribution in [0.25, 0.3) is 6.08 Å². The summed E-state index contributed by atoms with van der Waals surface area (Å²) in [7, 11) is 4.07. The first kappa shape index (κ1) is 22.8. The Morgan fingerprint density at radius 3 is 2.75 bits per heavy atom. The van der Waals surface area contributed by atoms with Crippen LogP contribution in [0.2, 0.25) is 0 Å². The van der Waals surface area contributed by atoms with Crippen molar-refractivity contribution in [1.82, 2.24) is 20.2 Å². The third-order valence-corrected chi connectivity index (χ3v) is 6.87. The number of nitrogens with one attached hydrogen (secondary N) is 1. The van der Waals surface area contributed by atoms with Gasteiger partial charge in [-0.1, -0.05) is 0 Å². The highest BCUT2D eigenvalue weighted by molar-refractivity contribution is 8.18. The minimum Gasteiger partial charge on any atom is -0.410 e. The van der Waals surface area contributed by atoms with E-state index in [9.17, 15) is 14.0 Å². The number of benzene rings is 1. The molecule has 2 amide bonds. The highest BCUT2D eigenvalue weighted by atomic mass is 32.2. The van der Waals surface area contributed by atoms with Gasteiger partial charge in [0.25, 0.3) is 5.91 Å². The maximum Gasteiger partial charge on any atom is 0.415 e. The summed E-state index contributed by atoms with van der Waals surface area (Å²) in [6, 6.07) is 4.37. The Kier molecular flexibility index (Phi) is 7.12. The molecule has 3 aliphatic heterocycles. The van der Waals surface area contributed by atoms with Gasteiger partial charge in [-0.3, -0.25) is 9.80 Å². The average molecular weight is 462 g/mol. The number of ether oxygens (including phenoxy) is 1. The van der Waals surface area contributed by atoms with E-state index in [2.05, 4.69) is 15.3 Å². The van der Waals surface area contributed by atoms with Gasteiger partial charge in [0.1, 0.15) is 11.6 Å². The number of carbonyl (C=O) groups is 2. The van der Waals surface area contributed by atoms with Gasteiger partial charge in [-0.2, -0.15) is 4.99 Å². The Hall–Kier alpha value is -2.43. The molecule has 0 saturated carbocycles. The number of carbonyl (C=O) groups excluding carboxylic acids is 2. The molecule has 4 rings (SSSR count). The number of hydrogen-bond acceptors (Lipinski definition) is 7. The van der Waals surface area contributed by atoms with E-state index in [1.165, 1.54) is 36.0 Å². The Balaban J connectivity index is 1.46. The Labute approximate surface area is 191 Å². The van der Waals surface area contributed by atoms with Crippen LogP contribution in [0.15, 0.2) is 28.1 Å². The second kappa shape index (κ2) is 10.0. The van der Waals surface area contributed by atoms with Crippen LogP contribution >= 0.6 is 11.8 Å². The molecule has 1 aromatic rings. The van der Waals surface area contributed by atoms with Crippen molar-refractivity contribution in [2.45, 2.75) is 31.7 Å². The normalized spacial score (nSPS) is 21.4. The summed E-state index contributed by atoms with van der Waals surface area (Å²) < 4.78 is 19.6. The molecule has 0 aromatic heterocycles. The molecule has 10 heteroatoms. The standard InChI is InChI=1S/C22H28FN5O3S/c1-26(2)17-7-11-27(12-8-17)22(30)31-18-6-5-16(23)13-15(18)14-19-20(29)25-21(32-19)28-10-4-3-9-24-28/h5-6,13-14,17,24H,3-4,7-12H2,1-2H3. The summed E-state index contributed by atoms with van der Waals surface area (Å²) in [5.41, 5.74) is 3.56. The minimum atomic E-state index is -0.474. The lowest BCUT2D eigenvalue weighted by molar-refractivity contribution is -0.113. The van der Waals surface area contributed by atoms with Crippen LogP contribution in [0.1, 0.15) is 31.2 Å². The molecular weight excluding hydrogens is 433 g/mol. The average Bonchev–Trinajstić information content (AvgIpc) is 3.16. The van der Waals surface area contributed by atoms with Crippen LogP contribution in [-0.2, 0) is 4.79 Å². The Morgan fingerprint density at radius 2 is 2.06 bits per heavy atom. The molecule has 1 N–H and O–H groups in total. The van der Waals surface area contributed by atoms with E-state index in [4.69, 9.17) is 4.74 Å². The van der Waals surface area contributed by atoms with Gasteiger partial charge in [0.2, 0.25) is 0 Å². The summed E-state index contributed by atoms with van der Waals surface area (Å²) in [5.74, 6) is -0.640. The van der Waals surface area contributed by atoms with Gasteiger partial charge in [-0.05, 0) is 75.8 Å². The van der Waals surface area contributed by atoms with E-state index in [0.29, 0.717) is 34.8 Å². The van der Waals surface area contributed by atoms with E-state index in [1.54, 1.807) is 4.90 Å². The fraction of sp³-hybridized carbons (Fsp3) is 0.500. The van der Waals surface area contributed by atoms with Crippen molar-refractivity contribution in [2.24, 2.45) is 4.99 Å². The van der Waals surface area contributed by atoms with Crippen molar-refractivity contribution >= 4 is 35.0 Å². The number of nitrogens with zero attached hydrogens (tertiary/aromatic N) is 4. The predicted octanol–water partition coefficient (Wildman–Crippen LogP) is 2.92. The number of likely N-dealkylation sites (tertiary alicyclic amines) is 1. The lowest BCUT2D eigenvalue weighted by Crippen LogP contribution is -2.45. The van der Waals surface area contributed by atoms with Crippen LogP contribution in [0, 0.1) is 5.82 Å². The third kappa shape index (κ3) is 5.31. The number of rotatable bonds is 3.